The molecule has 8 heteroatoms. The van der Waals surface area contributed by atoms with Gasteiger partial charge in [0.25, 0.3) is 15.9 Å². The van der Waals surface area contributed by atoms with Gasteiger partial charge < -0.3 is 10.6 Å². The van der Waals surface area contributed by atoms with Crippen molar-refractivity contribution >= 4 is 27.5 Å². The zero-order valence-electron chi connectivity index (χ0n) is 17.4. The first kappa shape index (κ1) is 21.8. The topological polar surface area (TPSA) is 110 Å². The summed E-state index contributed by atoms with van der Waals surface area (Å²) in [5, 5.41) is 0. The Morgan fingerprint density at radius 1 is 0.967 bits per heavy atom. The number of sulfonamides is 1. The molecule has 0 radical (unpaired) electrons. The van der Waals surface area contributed by atoms with Gasteiger partial charge in [-0.05, 0) is 74.6 Å². The van der Waals surface area contributed by atoms with Gasteiger partial charge >= 0.3 is 0 Å². The van der Waals surface area contributed by atoms with Crippen molar-refractivity contribution in [1.29, 1.82) is 0 Å². The molecule has 0 spiro atoms. The van der Waals surface area contributed by atoms with Crippen LogP contribution in [0.4, 0.5) is 5.69 Å². The summed E-state index contributed by atoms with van der Waals surface area (Å²) in [6, 6.07) is 10.0. The zero-order chi connectivity index (χ0) is 22.1. The number of anilines is 1. The van der Waals surface area contributed by atoms with Crippen LogP contribution in [0, 0.1) is 26.7 Å². The Bertz CT molecular complexity index is 1090. The van der Waals surface area contributed by atoms with E-state index in [1.165, 1.54) is 6.07 Å². The fourth-order valence-electron chi connectivity index (χ4n) is 3.59. The van der Waals surface area contributed by atoms with Crippen LogP contribution in [0.2, 0.25) is 0 Å². The van der Waals surface area contributed by atoms with Crippen molar-refractivity contribution in [2.45, 2.75) is 38.5 Å². The maximum Gasteiger partial charge on any atom is 0.262 e. The maximum atomic E-state index is 13.0. The monoisotopic (exact) mass is 429 g/mol. The lowest BCUT2D eigenvalue weighted by Crippen LogP contribution is -2.41. The van der Waals surface area contributed by atoms with Crippen LogP contribution in [0.3, 0.4) is 0 Å². The fraction of sp³-hybridized carbons (Fsp3) is 0.364. The van der Waals surface area contributed by atoms with Gasteiger partial charge in [-0.3, -0.25) is 14.3 Å². The standard InChI is InChI=1S/C22H27N3O4S/c1-14-5-7-19(12-16(14)3)24-30(28,29)20-13-18(6-4-15(20)2)22(27)25-10-8-17(9-11-25)21(23)26/h4-7,12-13,17,24H,8-11H2,1-3H3,(H2,23,26). The van der Waals surface area contributed by atoms with Gasteiger partial charge in [0.1, 0.15) is 0 Å². The number of amides is 2. The molecular formula is C22H27N3O4S. The molecule has 2 amide bonds. The van der Waals surface area contributed by atoms with Crippen LogP contribution in [0.1, 0.15) is 39.9 Å². The first-order valence-electron chi connectivity index (χ1n) is 9.88. The first-order valence-corrected chi connectivity index (χ1v) is 11.4. The van der Waals surface area contributed by atoms with Gasteiger partial charge in [-0.2, -0.15) is 0 Å². The molecule has 7 nitrogen and oxygen atoms in total. The largest absolute Gasteiger partial charge is 0.369 e. The maximum absolute atomic E-state index is 13.0. The van der Waals surface area contributed by atoms with Crippen LogP contribution in [0.25, 0.3) is 0 Å². The summed E-state index contributed by atoms with van der Waals surface area (Å²) >= 11 is 0. The molecule has 1 aliphatic heterocycles. The van der Waals surface area contributed by atoms with E-state index >= 15 is 0 Å². The summed E-state index contributed by atoms with van der Waals surface area (Å²) in [6.45, 7) is 6.41. The summed E-state index contributed by atoms with van der Waals surface area (Å²) in [5.41, 5.74) is 8.73. The van der Waals surface area contributed by atoms with E-state index in [1.54, 1.807) is 36.1 Å². The summed E-state index contributed by atoms with van der Waals surface area (Å²) in [5.74, 6) is -0.811. The first-order chi connectivity index (χ1) is 14.1. The lowest BCUT2D eigenvalue weighted by atomic mass is 9.96. The molecule has 0 unspecified atom stereocenters. The number of aryl methyl sites for hydroxylation is 3. The van der Waals surface area contributed by atoms with Crippen molar-refractivity contribution < 1.29 is 18.0 Å². The lowest BCUT2D eigenvalue weighted by Gasteiger charge is -2.30. The van der Waals surface area contributed by atoms with E-state index in [-0.39, 0.29) is 22.6 Å². The van der Waals surface area contributed by atoms with E-state index < -0.39 is 10.0 Å². The minimum atomic E-state index is -3.86. The highest BCUT2D eigenvalue weighted by Gasteiger charge is 2.27. The molecule has 0 atom stereocenters. The van der Waals surface area contributed by atoms with Gasteiger partial charge in [0.05, 0.1) is 4.90 Å². The molecule has 3 N–H and O–H groups in total. The summed E-state index contributed by atoms with van der Waals surface area (Å²) in [4.78, 5) is 25.9. The quantitative estimate of drug-likeness (QED) is 0.761. The Morgan fingerprint density at radius 2 is 1.60 bits per heavy atom. The van der Waals surface area contributed by atoms with E-state index in [1.807, 2.05) is 19.9 Å². The Kier molecular flexibility index (Phi) is 6.17. The van der Waals surface area contributed by atoms with Gasteiger partial charge in [-0.15, -0.1) is 0 Å². The highest BCUT2D eigenvalue weighted by Crippen LogP contribution is 2.24. The molecule has 1 fully saturated rings. The number of piperidine rings is 1. The minimum Gasteiger partial charge on any atom is -0.369 e. The van der Waals surface area contributed by atoms with E-state index in [0.29, 0.717) is 42.7 Å². The van der Waals surface area contributed by atoms with Crippen LogP contribution < -0.4 is 10.5 Å². The Labute approximate surface area is 177 Å². The molecule has 160 valence electrons. The third-order valence-corrected chi connectivity index (χ3v) is 7.19. The highest BCUT2D eigenvalue weighted by atomic mass is 32.2. The molecule has 3 rings (SSSR count). The number of nitrogens with one attached hydrogen (secondary N) is 1. The number of carbonyl (C=O) groups is 2. The summed E-state index contributed by atoms with van der Waals surface area (Å²) < 4.78 is 28.6. The number of likely N-dealkylation sites (tertiary alicyclic amines) is 1. The third kappa shape index (κ3) is 4.64. The van der Waals surface area contributed by atoms with E-state index in [9.17, 15) is 18.0 Å². The molecular weight excluding hydrogens is 402 g/mol. The average Bonchev–Trinajstić information content (AvgIpc) is 2.70. The highest BCUT2D eigenvalue weighted by molar-refractivity contribution is 7.92. The minimum absolute atomic E-state index is 0.0681. The fourth-order valence-corrected chi connectivity index (χ4v) is 4.91. The predicted octanol–water partition coefficient (Wildman–Crippen LogP) is 2.75. The van der Waals surface area contributed by atoms with Gasteiger partial charge in [-0.25, -0.2) is 8.42 Å². The number of carbonyl (C=O) groups excluding carboxylic acids is 2. The zero-order valence-corrected chi connectivity index (χ0v) is 18.3. The normalized spacial score (nSPS) is 15.1. The molecule has 1 heterocycles. The van der Waals surface area contributed by atoms with Crippen LogP contribution in [0.5, 0.6) is 0 Å². The van der Waals surface area contributed by atoms with Crippen LogP contribution in [0.15, 0.2) is 41.3 Å². The molecule has 0 bridgehead atoms. The van der Waals surface area contributed by atoms with E-state index in [2.05, 4.69) is 4.72 Å². The van der Waals surface area contributed by atoms with Gasteiger partial charge in [0, 0.05) is 30.3 Å². The van der Waals surface area contributed by atoms with Gasteiger partial charge in [0.2, 0.25) is 5.91 Å². The summed E-state index contributed by atoms with van der Waals surface area (Å²) in [7, 11) is -3.86. The number of benzene rings is 2. The number of primary amides is 1. The molecule has 0 aliphatic carbocycles. The molecule has 0 saturated carbocycles. The number of hydrogen-bond donors (Lipinski definition) is 2. The van der Waals surface area contributed by atoms with Gasteiger partial charge in [-0.1, -0.05) is 12.1 Å². The van der Waals surface area contributed by atoms with Crippen LogP contribution in [-0.2, 0) is 14.8 Å². The lowest BCUT2D eigenvalue weighted by molar-refractivity contribution is -0.123. The van der Waals surface area contributed by atoms with Gasteiger partial charge in [0.15, 0.2) is 0 Å². The number of nitrogens with zero attached hydrogens (tertiary/aromatic N) is 1. The molecule has 1 saturated heterocycles. The Hall–Kier alpha value is -2.87. The number of nitrogens with two attached hydrogens (primary N) is 1. The number of hydrogen-bond acceptors (Lipinski definition) is 4. The molecule has 2 aromatic carbocycles. The molecule has 30 heavy (non-hydrogen) atoms. The van der Waals surface area contributed by atoms with Crippen molar-refractivity contribution in [3.8, 4) is 0 Å². The Morgan fingerprint density at radius 3 is 2.20 bits per heavy atom. The van der Waals surface area contributed by atoms with Crippen molar-refractivity contribution in [2.75, 3.05) is 17.8 Å². The van der Waals surface area contributed by atoms with Crippen LogP contribution in [-0.4, -0.2) is 38.2 Å². The van der Waals surface area contributed by atoms with Crippen molar-refractivity contribution in [1.82, 2.24) is 4.90 Å². The van der Waals surface area contributed by atoms with Crippen LogP contribution >= 0.6 is 0 Å². The predicted molar refractivity (Wildman–Crippen MR) is 116 cm³/mol. The summed E-state index contributed by atoms with van der Waals surface area (Å²) in [6.07, 6.45) is 1.04. The SMILES string of the molecule is Cc1ccc(NS(=O)(=O)c2cc(C(=O)N3CCC(C(N)=O)CC3)ccc2C)cc1C. The molecule has 1 aliphatic rings. The average molecular weight is 430 g/mol. The van der Waals surface area contributed by atoms with Crippen molar-refractivity contribution in [3.63, 3.8) is 0 Å². The molecule has 2 aromatic rings. The van der Waals surface area contributed by atoms with E-state index in [0.717, 1.165) is 11.1 Å². The second-order valence-corrected chi connectivity index (χ2v) is 9.50. The second-order valence-electron chi connectivity index (χ2n) is 7.85. The third-order valence-electron chi connectivity index (χ3n) is 5.67. The van der Waals surface area contributed by atoms with Crippen molar-refractivity contribution in [3.05, 3.63) is 58.7 Å². The second kappa shape index (κ2) is 8.47. The number of rotatable bonds is 5. The molecule has 0 aromatic heterocycles. The van der Waals surface area contributed by atoms with E-state index in [4.69, 9.17) is 5.73 Å². The Balaban J connectivity index is 1.83. The smallest absolute Gasteiger partial charge is 0.262 e. The van der Waals surface area contributed by atoms with Crippen molar-refractivity contribution in [2.24, 2.45) is 11.7 Å².